The van der Waals surface area contributed by atoms with E-state index in [0.717, 1.165) is 11.8 Å². The van der Waals surface area contributed by atoms with Crippen LogP contribution in [0.2, 0.25) is 0 Å². The molecule has 0 amide bonds. The molecule has 2 N–H and O–H groups in total. The minimum Gasteiger partial charge on any atom is -0.327 e. The summed E-state index contributed by atoms with van der Waals surface area (Å²) in [7, 11) is 0. The molecule has 0 aromatic heterocycles. The van der Waals surface area contributed by atoms with E-state index in [-0.39, 0.29) is 0 Å². The molecule has 1 nitrogen and oxygen atoms in total. The van der Waals surface area contributed by atoms with Crippen LogP contribution in [0.3, 0.4) is 0 Å². The minimum absolute atomic E-state index is 0.509. The van der Waals surface area contributed by atoms with Crippen molar-refractivity contribution in [3.63, 3.8) is 0 Å². The fraction of sp³-hybridized carbons (Fsp3) is 1.00. The zero-order valence-corrected chi connectivity index (χ0v) is 7.14. The molecule has 3 unspecified atom stereocenters. The summed E-state index contributed by atoms with van der Waals surface area (Å²) in [4.78, 5) is 0. The van der Waals surface area contributed by atoms with Crippen LogP contribution in [0.1, 0.15) is 39.5 Å². The monoisotopic (exact) mass is 141 g/mol. The van der Waals surface area contributed by atoms with E-state index in [1.165, 1.54) is 25.7 Å². The second-order valence-corrected chi connectivity index (χ2v) is 3.68. The molecule has 3 atom stereocenters. The summed E-state index contributed by atoms with van der Waals surface area (Å²) in [5.41, 5.74) is 5.96. The number of unbranched alkanes of at least 4 members (excludes halogenated alkanes) is 1. The second kappa shape index (κ2) is 3.38. The maximum atomic E-state index is 5.96. The van der Waals surface area contributed by atoms with Gasteiger partial charge in [-0.2, -0.15) is 0 Å². The van der Waals surface area contributed by atoms with E-state index in [2.05, 4.69) is 13.8 Å². The Labute approximate surface area is 64.0 Å². The lowest BCUT2D eigenvalue weighted by Crippen LogP contribution is -2.22. The van der Waals surface area contributed by atoms with Crippen LogP contribution in [0, 0.1) is 11.8 Å². The molecule has 1 heteroatoms. The Bertz CT molecular complexity index is 101. The van der Waals surface area contributed by atoms with Gasteiger partial charge in [-0.1, -0.05) is 26.7 Å². The molecule has 0 aromatic rings. The van der Waals surface area contributed by atoms with Crippen molar-refractivity contribution in [2.45, 2.75) is 45.6 Å². The lowest BCUT2D eigenvalue weighted by atomic mass is 10.1. The molecule has 0 saturated heterocycles. The molecule has 0 aromatic carbocycles. The third kappa shape index (κ3) is 1.98. The van der Waals surface area contributed by atoms with Gasteiger partial charge >= 0.3 is 0 Å². The van der Waals surface area contributed by atoms with Gasteiger partial charge in [0, 0.05) is 6.04 Å². The third-order valence-electron chi connectivity index (χ3n) is 2.61. The molecule has 0 heterocycles. The number of rotatable bonds is 4. The van der Waals surface area contributed by atoms with Gasteiger partial charge in [-0.25, -0.2) is 0 Å². The Kier molecular flexibility index (Phi) is 2.72. The van der Waals surface area contributed by atoms with Crippen LogP contribution in [0.25, 0.3) is 0 Å². The second-order valence-electron chi connectivity index (χ2n) is 3.68. The van der Waals surface area contributed by atoms with Gasteiger partial charge in [0.05, 0.1) is 0 Å². The fourth-order valence-corrected chi connectivity index (χ4v) is 1.60. The van der Waals surface area contributed by atoms with Gasteiger partial charge in [0.25, 0.3) is 0 Å². The van der Waals surface area contributed by atoms with Crippen molar-refractivity contribution in [2.75, 3.05) is 0 Å². The van der Waals surface area contributed by atoms with Crippen LogP contribution < -0.4 is 5.73 Å². The average molecular weight is 141 g/mol. The maximum Gasteiger partial charge on any atom is 0.00698 e. The molecule has 1 aliphatic carbocycles. The summed E-state index contributed by atoms with van der Waals surface area (Å²) in [5.74, 6) is 1.79. The number of hydrogen-bond acceptors (Lipinski definition) is 1. The zero-order valence-electron chi connectivity index (χ0n) is 7.14. The van der Waals surface area contributed by atoms with Gasteiger partial charge in [0.1, 0.15) is 0 Å². The van der Waals surface area contributed by atoms with Gasteiger partial charge in [0.2, 0.25) is 0 Å². The van der Waals surface area contributed by atoms with Crippen molar-refractivity contribution >= 4 is 0 Å². The van der Waals surface area contributed by atoms with Crippen LogP contribution in [0.5, 0.6) is 0 Å². The van der Waals surface area contributed by atoms with Crippen molar-refractivity contribution in [2.24, 2.45) is 17.6 Å². The predicted octanol–water partition coefficient (Wildman–Crippen LogP) is 2.16. The lowest BCUT2D eigenvalue weighted by Gasteiger charge is -2.08. The smallest absolute Gasteiger partial charge is 0.00698 e. The van der Waals surface area contributed by atoms with E-state index in [1.54, 1.807) is 0 Å². The van der Waals surface area contributed by atoms with Gasteiger partial charge in [-0.05, 0) is 24.7 Å². The van der Waals surface area contributed by atoms with E-state index in [1.807, 2.05) is 0 Å². The van der Waals surface area contributed by atoms with E-state index in [9.17, 15) is 0 Å². The molecular weight excluding hydrogens is 122 g/mol. The highest BCUT2D eigenvalue weighted by molar-refractivity contribution is 4.90. The first kappa shape index (κ1) is 8.06. The quantitative estimate of drug-likeness (QED) is 0.638. The largest absolute Gasteiger partial charge is 0.327 e. The van der Waals surface area contributed by atoms with Crippen molar-refractivity contribution in [3.8, 4) is 0 Å². The van der Waals surface area contributed by atoms with E-state index >= 15 is 0 Å². The van der Waals surface area contributed by atoms with Crippen LogP contribution in [-0.2, 0) is 0 Å². The van der Waals surface area contributed by atoms with Gasteiger partial charge in [-0.15, -0.1) is 0 Å². The zero-order chi connectivity index (χ0) is 7.56. The Morgan fingerprint density at radius 3 is 2.60 bits per heavy atom. The molecule has 0 aliphatic heterocycles. The van der Waals surface area contributed by atoms with Gasteiger partial charge in [0.15, 0.2) is 0 Å². The fourth-order valence-electron chi connectivity index (χ4n) is 1.60. The third-order valence-corrected chi connectivity index (χ3v) is 2.61. The lowest BCUT2D eigenvalue weighted by molar-refractivity contribution is 0.504. The minimum atomic E-state index is 0.509. The molecule has 1 aliphatic rings. The molecule has 60 valence electrons. The highest BCUT2D eigenvalue weighted by Crippen LogP contribution is 2.40. The molecule has 1 fully saturated rings. The first-order valence-corrected chi connectivity index (χ1v) is 4.51. The summed E-state index contributed by atoms with van der Waals surface area (Å²) in [6.45, 7) is 4.53. The molecule has 0 spiro atoms. The Balaban J connectivity index is 2.04. The average Bonchev–Trinajstić information content (AvgIpc) is 2.62. The summed E-state index contributed by atoms with van der Waals surface area (Å²) >= 11 is 0. The molecule has 0 bridgehead atoms. The highest BCUT2D eigenvalue weighted by atomic mass is 14.7. The molecule has 0 radical (unpaired) electrons. The summed E-state index contributed by atoms with van der Waals surface area (Å²) < 4.78 is 0. The topological polar surface area (TPSA) is 26.0 Å². The number of hydrogen-bond donors (Lipinski definition) is 1. The standard InChI is InChI=1S/C9H19N/c1-3-4-5-9(10)8-6-7(8)2/h7-9H,3-6,10H2,1-2H3. The van der Waals surface area contributed by atoms with E-state index in [0.29, 0.717) is 6.04 Å². The predicted molar refractivity (Wildman–Crippen MR) is 44.8 cm³/mol. The SMILES string of the molecule is CCCCC(N)C1CC1C. The molecule has 1 saturated carbocycles. The van der Waals surface area contributed by atoms with Crippen LogP contribution in [0.4, 0.5) is 0 Å². The molecular formula is C9H19N. The van der Waals surface area contributed by atoms with E-state index in [4.69, 9.17) is 5.73 Å². The van der Waals surface area contributed by atoms with Gasteiger partial charge in [-0.3, -0.25) is 0 Å². The maximum absolute atomic E-state index is 5.96. The molecule has 1 rings (SSSR count). The van der Waals surface area contributed by atoms with Crippen LogP contribution >= 0.6 is 0 Å². The summed E-state index contributed by atoms with van der Waals surface area (Å²) in [5, 5.41) is 0. The van der Waals surface area contributed by atoms with Crippen molar-refractivity contribution in [3.05, 3.63) is 0 Å². The molecule has 10 heavy (non-hydrogen) atoms. The highest BCUT2D eigenvalue weighted by Gasteiger charge is 2.36. The van der Waals surface area contributed by atoms with Crippen molar-refractivity contribution in [1.29, 1.82) is 0 Å². The normalized spacial score (nSPS) is 33.9. The Morgan fingerprint density at radius 2 is 2.20 bits per heavy atom. The van der Waals surface area contributed by atoms with Crippen LogP contribution in [0.15, 0.2) is 0 Å². The van der Waals surface area contributed by atoms with Crippen molar-refractivity contribution < 1.29 is 0 Å². The Morgan fingerprint density at radius 1 is 1.60 bits per heavy atom. The first-order chi connectivity index (χ1) is 4.75. The van der Waals surface area contributed by atoms with Crippen LogP contribution in [-0.4, -0.2) is 6.04 Å². The van der Waals surface area contributed by atoms with Crippen molar-refractivity contribution in [1.82, 2.24) is 0 Å². The number of nitrogens with two attached hydrogens (primary N) is 1. The first-order valence-electron chi connectivity index (χ1n) is 4.51. The summed E-state index contributed by atoms with van der Waals surface area (Å²) in [6.07, 6.45) is 5.22. The summed E-state index contributed by atoms with van der Waals surface area (Å²) in [6, 6.07) is 0.509. The van der Waals surface area contributed by atoms with E-state index < -0.39 is 0 Å². The van der Waals surface area contributed by atoms with Gasteiger partial charge < -0.3 is 5.73 Å². The Hall–Kier alpha value is -0.0400.